The highest BCUT2D eigenvalue weighted by molar-refractivity contribution is 7.99. The summed E-state index contributed by atoms with van der Waals surface area (Å²) in [5.74, 6) is 1.20. The summed E-state index contributed by atoms with van der Waals surface area (Å²) in [6, 6.07) is 7.36. The Hall–Kier alpha value is -0.670. The highest BCUT2D eigenvalue weighted by Crippen LogP contribution is 2.27. The molecule has 0 aliphatic heterocycles. The summed E-state index contributed by atoms with van der Waals surface area (Å²) < 4.78 is 5.59. The molecule has 0 aliphatic rings. The van der Waals surface area contributed by atoms with E-state index in [4.69, 9.17) is 4.74 Å². The van der Waals surface area contributed by atoms with E-state index < -0.39 is 0 Å². The Kier molecular flexibility index (Phi) is 4.48. The third kappa shape index (κ3) is 5.09. The second-order valence-electron chi connectivity index (χ2n) is 4.28. The lowest BCUT2D eigenvalue weighted by atomic mass is 10.2. The first kappa shape index (κ1) is 12.4. The minimum atomic E-state index is -0.0840. The molecule has 0 saturated heterocycles. The van der Waals surface area contributed by atoms with Gasteiger partial charge in [0.2, 0.25) is 0 Å². The molecule has 0 atom stereocenters. The van der Waals surface area contributed by atoms with Crippen molar-refractivity contribution < 1.29 is 9.84 Å². The molecular formula is C12H18O2S. The van der Waals surface area contributed by atoms with Gasteiger partial charge in [0, 0.05) is 10.6 Å². The topological polar surface area (TPSA) is 29.5 Å². The van der Waals surface area contributed by atoms with E-state index >= 15 is 0 Å². The first-order chi connectivity index (χ1) is 6.99. The van der Waals surface area contributed by atoms with Crippen LogP contribution in [-0.4, -0.2) is 23.1 Å². The summed E-state index contributed by atoms with van der Waals surface area (Å²) in [6.45, 7) is 6.81. The van der Waals surface area contributed by atoms with E-state index in [1.54, 1.807) is 17.8 Å². The fraction of sp³-hybridized carbons (Fsp3) is 0.500. The van der Waals surface area contributed by atoms with Crippen LogP contribution in [0.3, 0.4) is 0 Å². The predicted octanol–water partition coefficient (Wildman–Crippen LogP) is 3.30. The van der Waals surface area contributed by atoms with Gasteiger partial charge < -0.3 is 9.84 Å². The average Bonchev–Trinajstić information content (AvgIpc) is 2.13. The molecule has 0 unspecified atom stereocenters. The van der Waals surface area contributed by atoms with Crippen LogP contribution in [0.1, 0.15) is 20.8 Å². The summed E-state index contributed by atoms with van der Waals surface area (Å²) in [5, 5.41) is 9.51. The zero-order chi connectivity index (χ0) is 11.3. The van der Waals surface area contributed by atoms with Crippen LogP contribution in [-0.2, 0) is 4.74 Å². The molecule has 15 heavy (non-hydrogen) atoms. The van der Waals surface area contributed by atoms with E-state index in [0.29, 0.717) is 12.4 Å². The van der Waals surface area contributed by atoms with Crippen molar-refractivity contribution in [3.8, 4) is 5.75 Å². The Bertz CT molecular complexity index is 305. The Balaban J connectivity index is 2.30. The third-order valence-corrected chi connectivity index (χ3v) is 2.77. The molecule has 0 radical (unpaired) electrons. The highest BCUT2D eigenvalue weighted by Gasteiger charge is 2.09. The average molecular weight is 226 g/mol. The van der Waals surface area contributed by atoms with Crippen LogP contribution >= 0.6 is 11.8 Å². The van der Waals surface area contributed by atoms with Gasteiger partial charge in [0.25, 0.3) is 0 Å². The molecule has 0 heterocycles. The van der Waals surface area contributed by atoms with Gasteiger partial charge in [-0.3, -0.25) is 0 Å². The number of ether oxygens (including phenoxy) is 1. The molecule has 0 bridgehead atoms. The molecule has 2 nitrogen and oxygen atoms in total. The maximum atomic E-state index is 9.51. The molecule has 0 spiro atoms. The Labute approximate surface area is 95.7 Å². The second kappa shape index (κ2) is 5.42. The molecule has 0 saturated carbocycles. The van der Waals surface area contributed by atoms with E-state index in [1.165, 1.54) is 0 Å². The predicted molar refractivity (Wildman–Crippen MR) is 64.5 cm³/mol. The van der Waals surface area contributed by atoms with E-state index in [1.807, 2.05) is 39.0 Å². The van der Waals surface area contributed by atoms with Gasteiger partial charge >= 0.3 is 0 Å². The van der Waals surface area contributed by atoms with Gasteiger partial charge in [0.15, 0.2) is 0 Å². The lowest BCUT2D eigenvalue weighted by Gasteiger charge is -2.19. The zero-order valence-corrected chi connectivity index (χ0v) is 10.3. The Morgan fingerprint density at radius 2 is 1.93 bits per heavy atom. The van der Waals surface area contributed by atoms with Crippen molar-refractivity contribution >= 4 is 11.8 Å². The van der Waals surface area contributed by atoms with Gasteiger partial charge in [0.05, 0.1) is 12.2 Å². The van der Waals surface area contributed by atoms with Gasteiger partial charge in [-0.15, -0.1) is 11.8 Å². The quantitative estimate of drug-likeness (QED) is 0.631. The zero-order valence-electron chi connectivity index (χ0n) is 9.49. The highest BCUT2D eigenvalue weighted by atomic mass is 32.2. The standard InChI is InChI=1S/C12H18O2S/c1-12(2,3)14-8-9-15-11-7-5-4-6-10(11)13/h4-7,13H,8-9H2,1-3H3. The van der Waals surface area contributed by atoms with Crippen molar-refractivity contribution in [2.45, 2.75) is 31.3 Å². The van der Waals surface area contributed by atoms with Crippen molar-refractivity contribution in [2.75, 3.05) is 12.4 Å². The van der Waals surface area contributed by atoms with Crippen LogP contribution in [0.4, 0.5) is 0 Å². The fourth-order valence-electron chi connectivity index (χ4n) is 1.08. The molecule has 1 aromatic rings. The van der Waals surface area contributed by atoms with E-state index in [0.717, 1.165) is 10.6 Å². The molecule has 1 rings (SSSR count). The number of benzene rings is 1. The van der Waals surface area contributed by atoms with Crippen molar-refractivity contribution in [3.05, 3.63) is 24.3 Å². The maximum absolute atomic E-state index is 9.51. The van der Waals surface area contributed by atoms with E-state index in [2.05, 4.69) is 0 Å². The number of para-hydroxylation sites is 1. The Morgan fingerprint density at radius 1 is 1.27 bits per heavy atom. The van der Waals surface area contributed by atoms with Crippen LogP contribution in [0, 0.1) is 0 Å². The van der Waals surface area contributed by atoms with E-state index in [-0.39, 0.29) is 5.60 Å². The van der Waals surface area contributed by atoms with Crippen LogP contribution in [0.5, 0.6) is 5.75 Å². The number of aromatic hydroxyl groups is 1. The number of rotatable bonds is 4. The van der Waals surface area contributed by atoms with Crippen molar-refractivity contribution in [1.29, 1.82) is 0 Å². The molecule has 3 heteroatoms. The monoisotopic (exact) mass is 226 g/mol. The van der Waals surface area contributed by atoms with Gasteiger partial charge in [-0.05, 0) is 32.9 Å². The first-order valence-electron chi connectivity index (χ1n) is 5.04. The third-order valence-electron chi connectivity index (χ3n) is 1.74. The van der Waals surface area contributed by atoms with Gasteiger partial charge in [-0.1, -0.05) is 12.1 Å². The van der Waals surface area contributed by atoms with Crippen LogP contribution in [0.2, 0.25) is 0 Å². The second-order valence-corrected chi connectivity index (χ2v) is 5.41. The summed E-state index contributed by atoms with van der Waals surface area (Å²) in [6.07, 6.45) is 0. The molecular weight excluding hydrogens is 208 g/mol. The number of thioether (sulfide) groups is 1. The lowest BCUT2D eigenvalue weighted by molar-refractivity contribution is 0.00695. The van der Waals surface area contributed by atoms with Crippen molar-refractivity contribution in [2.24, 2.45) is 0 Å². The molecule has 0 fully saturated rings. The minimum absolute atomic E-state index is 0.0840. The number of phenols is 1. The summed E-state index contributed by atoms with van der Waals surface area (Å²) in [5.41, 5.74) is -0.0840. The van der Waals surface area contributed by atoms with Gasteiger partial charge in [-0.2, -0.15) is 0 Å². The molecule has 1 aromatic carbocycles. The van der Waals surface area contributed by atoms with Crippen molar-refractivity contribution in [1.82, 2.24) is 0 Å². The smallest absolute Gasteiger partial charge is 0.129 e. The lowest BCUT2D eigenvalue weighted by Crippen LogP contribution is -2.20. The largest absolute Gasteiger partial charge is 0.507 e. The number of phenolic OH excluding ortho intramolecular Hbond substituents is 1. The van der Waals surface area contributed by atoms with Crippen LogP contribution < -0.4 is 0 Å². The fourth-order valence-corrected chi connectivity index (χ4v) is 1.86. The summed E-state index contributed by atoms with van der Waals surface area (Å²) in [4.78, 5) is 0.912. The van der Waals surface area contributed by atoms with Crippen LogP contribution in [0.15, 0.2) is 29.2 Å². The molecule has 1 N–H and O–H groups in total. The molecule has 0 aliphatic carbocycles. The normalized spacial score (nSPS) is 11.7. The van der Waals surface area contributed by atoms with Gasteiger partial charge in [0.1, 0.15) is 5.75 Å². The van der Waals surface area contributed by atoms with E-state index in [9.17, 15) is 5.11 Å². The molecule has 84 valence electrons. The number of hydrogen-bond donors (Lipinski definition) is 1. The maximum Gasteiger partial charge on any atom is 0.129 e. The van der Waals surface area contributed by atoms with Crippen LogP contribution in [0.25, 0.3) is 0 Å². The summed E-state index contributed by atoms with van der Waals surface area (Å²) in [7, 11) is 0. The molecule has 0 aromatic heterocycles. The minimum Gasteiger partial charge on any atom is -0.507 e. The Morgan fingerprint density at radius 3 is 2.53 bits per heavy atom. The van der Waals surface area contributed by atoms with Crippen molar-refractivity contribution in [3.63, 3.8) is 0 Å². The molecule has 0 amide bonds. The SMILES string of the molecule is CC(C)(C)OCCSc1ccccc1O. The summed E-state index contributed by atoms with van der Waals surface area (Å²) >= 11 is 1.61. The first-order valence-corrected chi connectivity index (χ1v) is 6.02. The number of hydrogen-bond acceptors (Lipinski definition) is 3. The van der Waals surface area contributed by atoms with Gasteiger partial charge in [-0.25, -0.2) is 0 Å².